The van der Waals surface area contributed by atoms with Crippen LogP contribution in [0.4, 0.5) is 13.2 Å². The molecule has 1 aliphatic heterocycles. The number of hydrogen-bond acceptors (Lipinski definition) is 5. The highest BCUT2D eigenvalue weighted by Crippen LogP contribution is 2.36. The van der Waals surface area contributed by atoms with Crippen molar-refractivity contribution in [1.82, 2.24) is 4.90 Å². The van der Waals surface area contributed by atoms with E-state index in [1.54, 1.807) is 0 Å². The van der Waals surface area contributed by atoms with Gasteiger partial charge in [0.25, 0.3) is 5.91 Å². The van der Waals surface area contributed by atoms with E-state index in [-0.39, 0.29) is 14.8 Å². The Kier molecular flexibility index (Phi) is 4.57. The number of carbonyl (C=O) groups is 2. The highest BCUT2D eigenvalue weighted by molar-refractivity contribution is 8.26. The molecular formula is C13H7F3NO3S2-. The fraction of sp³-hybridized carbons (Fsp3) is 0.154. The van der Waals surface area contributed by atoms with Crippen molar-refractivity contribution < 1.29 is 27.9 Å². The molecule has 0 saturated carbocycles. The molecule has 0 bridgehead atoms. The SMILES string of the molecule is O=C([O-])CN1C(=O)/C(=C\c2ccccc2C(F)(F)F)SC1=S. The number of carboxylic acids is 1. The van der Waals surface area contributed by atoms with Gasteiger partial charge in [0.15, 0.2) is 0 Å². The fourth-order valence-corrected chi connectivity index (χ4v) is 3.03. The minimum absolute atomic E-state index is 0.0371. The molecule has 1 amide bonds. The summed E-state index contributed by atoms with van der Waals surface area (Å²) in [5.41, 5.74) is -1.08. The van der Waals surface area contributed by atoms with Crippen molar-refractivity contribution in [1.29, 1.82) is 0 Å². The zero-order valence-electron chi connectivity index (χ0n) is 10.7. The Morgan fingerprint density at radius 1 is 1.36 bits per heavy atom. The number of carboxylic acid groups (broad SMARTS) is 1. The van der Waals surface area contributed by atoms with Crippen LogP contribution in [0.15, 0.2) is 29.2 Å². The van der Waals surface area contributed by atoms with Crippen molar-refractivity contribution >= 4 is 46.3 Å². The molecule has 0 radical (unpaired) electrons. The lowest BCUT2D eigenvalue weighted by Crippen LogP contribution is -2.40. The smallest absolute Gasteiger partial charge is 0.416 e. The molecule has 0 aromatic heterocycles. The summed E-state index contributed by atoms with van der Waals surface area (Å²) in [5, 5.41) is 10.6. The highest BCUT2D eigenvalue weighted by atomic mass is 32.2. The lowest BCUT2D eigenvalue weighted by molar-refractivity contribution is -0.305. The van der Waals surface area contributed by atoms with Crippen LogP contribution in [0.2, 0.25) is 0 Å². The number of amides is 1. The second-order valence-electron chi connectivity index (χ2n) is 4.22. The minimum Gasteiger partial charge on any atom is -0.548 e. The van der Waals surface area contributed by atoms with Crippen molar-refractivity contribution in [3.63, 3.8) is 0 Å². The summed E-state index contributed by atoms with van der Waals surface area (Å²) in [6.45, 7) is -0.733. The maximum Gasteiger partial charge on any atom is 0.416 e. The monoisotopic (exact) mass is 346 g/mol. The quantitative estimate of drug-likeness (QED) is 0.615. The van der Waals surface area contributed by atoms with Crippen LogP contribution in [0.1, 0.15) is 11.1 Å². The third-order valence-electron chi connectivity index (χ3n) is 2.71. The summed E-state index contributed by atoms with van der Waals surface area (Å²) < 4.78 is 38.7. The van der Waals surface area contributed by atoms with Crippen molar-refractivity contribution in [3.05, 3.63) is 40.3 Å². The van der Waals surface area contributed by atoms with Gasteiger partial charge in [-0.1, -0.05) is 42.2 Å². The molecular weight excluding hydrogens is 339 g/mol. The summed E-state index contributed by atoms with van der Waals surface area (Å²) >= 11 is 5.60. The maximum absolute atomic E-state index is 12.9. The third kappa shape index (κ3) is 3.47. The van der Waals surface area contributed by atoms with Crippen LogP contribution in [0.25, 0.3) is 6.08 Å². The zero-order chi connectivity index (χ0) is 16.5. The van der Waals surface area contributed by atoms with Crippen molar-refractivity contribution in [3.8, 4) is 0 Å². The van der Waals surface area contributed by atoms with E-state index in [1.165, 1.54) is 18.2 Å². The Balaban J connectivity index is 2.38. The van der Waals surface area contributed by atoms with Gasteiger partial charge in [0.1, 0.15) is 4.32 Å². The Morgan fingerprint density at radius 3 is 2.59 bits per heavy atom. The zero-order valence-corrected chi connectivity index (χ0v) is 12.3. The normalized spacial score (nSPS) is 17.4. The van der Waals surface area contributed by atoms with Gasteiger partial charge in [0.05, 0.1) is 23.0 Å². The molecule has 1 fully saturated rings. The average Bonchev–Trinajstić information content (AvgIpc) is 2.65. The van der Waals surface area contributed by atoms with E-state index in [2.05, 4.69) is 0 Å². The first-order valence-electron chi connectivity index (χ1n) is 5.81. The molecule has 22 heavy (non-hydrogen) atoms. The second-order valence-corrected chi connectivity index (χ2v) is 5.90. The van der Waals surface area contributed by atoms with Crippen LogP contribution in [-0.2, 0) is 15.8 Å². The summed E-state index contributed by atoms with van der Waals surface area (Å²) in [5.74, 6) is -2.26. The molecule has 0 spiro atoms. The number of nitrogens with zero attached hydrogens (tertiary/aromatic N) is 1. The largest absolute Gasteiger partial charge is 0.548 e. The van der Waals surface area contributed by atoms with E-state index >= 15 is 0 Å². The molecule has 2 rings (SSSR count). The van der Waals surface area contributed by atoms with Gasteiger partial charge in [-0.3, -0.25) is 9.69 Å². The number of halogens is 3. The number of hydrogen-bond donors (Lipinski definition) is 0. The number of thioether (sulfide) groups is 1. The molecule has 0 unspecified atom stereocenters. The number of benzene rings is 1. The molecule has 1 heterocycles. The van der Waals surface area contributed by atoms with Crippen LogP contribution in [0.3, 0.4) is 0 Å². The van der Waals surface area contributed by atoms with Crippen molar-refractivity contribution in [2.24, 2.45) is 0 Å². The topological polar surface area (TPSA) is 60.4 Å². The van der Waals surface area contributed by atoms with E-state index in [9.17, 15) is 27.9 Å². The molecule has 0 aliphatic carbocycles. The van der Waals surface area contributed by atoms with Gasteiger partial charge < -0.3 is 9.90 Å². The number of rotatable bonds is 3. The molecule has 0 N–H and O–H groups in total. The van der Waals surface area contributed by atoms with Crippen molar-refractivity contribution in [2.75, 3.05) is 6.54 Å². The standard InChI is InChI=1S/C13H8F3NO3S2/c14-13(15,16)8-4-2-1-3-7(8)5-9-11(20)17(6-10(18)19)12(21)22-9/h1-5H,6H2,(H,18,19)/p-1/b9-5+. The molecule has 1 aromatic carbocycles. The van der Waals surface area contributed by atoms with E-state index < -0.39 is 30.2 Å². The fourth-order valence-electron chi connectivity index (χ4n) is 1.79. The minimum atomic E-state index is -4.56. The predicted octanol–water partition coefficient (Wildman–Crippen LogP) is 1.66. The summed E-state index contributed by atoms with van der Waals surface area (Å²) in [6.07, 6.45) is -3.51. The van der Waals surface area contributed by atoms with Crippen LogP contribution < -0.4 is 5.11 Å². The Morgan fingerprint density at radius 2 is 2.00 bits per heavy atom. The molecule has 0 atom stereocenters. The Bertz CT molecular complexity index is 685. The summed E-state index contributed by atoms with van der Waals surface area (Å²) in [4.78, 5) is 23.3. The Hall–Kier alpha value is -1.87. The van der Waals surface area contributed by atoms with Gasteiger partial charge in [0, 0.05) is 0 Å². The lowest BCUT2D eigenvalue weighted by Gasteiger charge is -2.14. The Labute approximate surface area is 132 Å². The second kappa shape index (κ2) is 6.09. The molecule has 4 nitrogen and oxygen atoms in total. The van der Waals surface area contributed by atoms with Gasteiger partial charge in [0.2, 0.25) is 0 Å². The van der Waals surface area contributed by atoms with Gasteiger partial charge in [-0.2, -0.15) is 13.2 Å². The maximum atomic E-state index is 12.9. The van der Waals surface area contributed by atoms with Crippen LogP contribution in [-0.4, -0.2) is 27.6 Å². The van der Waals surface area contributed by atoms with Crippen molar-refractivity contribution in [2.45, 2.75) is 6.18 Å². The van der Waals surface area contributed by atoms with Crippen LogP contribution in [0, 0.1) is 0 Å². The van der Waals surface area contributed by atoms with Gasteiger partial charge in [-0.05, 0) is 17.7 Å². The first-order chi connectivity index (χ1) is 10.2. The van der Waals surface area contributed by atoms with E-state index in [1.807, 2.05) is 0 Å². The van der Waals surface area contributed by atoms with Crippen LogP contribution in [0.5, 0.6) is 0 Å². The third-order valence-corrected chi connectivity index (χ3v) is 4.09. The predicted molar refractivity (Wildman–Crippen MR) is 76.3 cm³/mol. The van der Waals surface area contributed by atoms with E-state index in [0.29, 0.717) is 0 Å². The highest BCUT2D eigenvalue weighted by Gasteiger charge is 2.35. The number of carbonyl (C=O) groups excluding carboxylic acids is 2. The van der Waals surface area contributed by atoms with E-state index in [4.69, 9.17) is 12.2 Å². The lowest BCUT2D eigenvalue weighted by atomic mass is 10.1. The van der Waals surface area contributed by atoms with Crippen LogP contribution >= 0.6 is 24.0 Å². The van der Waals surface area contributed by atoms with Gasteiger partial charge >= 0.3 is 6.18 Å². The number of aliphatic carboxylic acids is 1. The molecule has 9 heteroatoms. The first kappa shape index (κ1) is 16.5. The number of thiocarbonyl (C=S) groups is 1. The van der Waals surface area contributed by atoms with E-state index in [0.717, 1.165) is 28.8 Å². The van der Waals surface area contributed by atoms with Gasteiger partial charge in [-0.25, -0.2) is 0 Å². The number of alkyl halides is 3. The van der Waals surface area contributed by atoms with Gasteiger partial charge in [-0.15, -0.1) is 0 Å². The summed E-state index contributed by atoms with van der Waals surface area (Å²) in [7, 11) is 0. The summed E-state index contributed by atoms with van der Waals surface area (Å²) in [6, 6.07) is 4.76. The average molecular weight is 346 g/mol. The molecule has 1 aromatic rings. The first-order valence-corrected chi connectivity index (χ1v) is 7.04. The molecule has 1 aliphatic rings. The molecule has 116 valence electrons. The molecule has 1 saturated heterocycles.